The Morgan fingerprint density at radius 3 is 2.91 bits per heavy atom. The van der Waals surface area contributed by atoms with Crippen LogP contribution in [0.4, 0.5) is 17.2 Å². The Kier molecular flexibility index (Phi) is 3.96. The van der Waals surface area contributed by atoms with E-state index in [-0.39, 0.29) is 5.28 Å². The van der Waals surface area contributed by atoms with E-state index in [1.807, 2.05) is 23.1 Å². The SMILES string of the molecule is CS(C)(=O)=Nc1cccc2c1CCN2c1nc(Cl)ncc1C#N. The molecule has 0 saturated carbocycles. The molecular formula is C15H14ClN5OS. The quantitative estimate of drug-likeness (QED) is 0.780. The summed E-state index contributed by atoms with van der Waals surface area (Å²) in [5, 5.41) is 9.36. The lowest BCUT2D eigenvalue weighted by Gasteiger charge is -2.19. The Bertz CT molecular complexity index is 935. The molecule has 0 fully saturated rings. The van der Waals surface area contributed by atoms with E-state index >= 15 is 0 Å². The lowest BCUT2D eigenvalue weighted by atomic mass is 10.1. The number of anilines is 2. The first-order chi connectivity index (χ1) is 10.9. The van der Waals surface area contributed by atoms with Crippen LogP contribution >= 0.6 is 11.6 Å². The number of hydrogen-bond acceptors (Lipinski definition) is 6. The van der Waals surface area contributed by atoms with Crippen LogP contribution in [0.1, 0.15) is 11.1 Å². The van der Waals surface area contributed by atoms with Crippen LogP contribution in [-0.4, -0.2) is 33.2 Å². The van der Waals surface area contributed by atoms with Crippen LogP contribution in [0.25, 0.3) is 0 Å². The fraction of sp³-hybridized carbons (Fsp3) is 0.267. The van der Waals surface area contributed by atoms with Gasteiger partial charge in [-0.1, -0.05) is 6.07 Å². The fourth-order valence-corrected chi connectivity index (χ4v) is 3.37. The smallest absolute Gasteiger partial charge is 0.224 e. The number of nitrogens with zero attached hydrogens (tertiary/aromatic N) is 5. The molecule has 0 N–H and O–H groups in total. The second kappa shape index (κ2) is 5.80. The first-order valence-corrected chi connectivity index (χ1v) is 9.59. The Balaban J connectivity index is 2.15. The van der Waals surface area contributed by atoms with Crippen molar-refractivity contribution in [1.82, 2.24) is 9.97 Å². The highest BCUT2D eigenvalue weighted by atomic mass is 35.5. The maximum absolute atomic E-state index is 12.0. The molecule has 8 heteroatoms. The normalized spacial score (nSPS) is 13.6. The highest BCUT2D eigenvalue weighted by Gasteiger charge is 2.26. The molecule has 1 aromatic heterocycles. The first-order valence-electron chi connectivity index (χ1n) is 6.88. The van der Waals surface area contributed by atoms with Gasteiger partial charge in [-0.05, 0) is 30.2 Å². The maximum atomic E-state index is 12.0. The molecule has 0 saturated heterocycles. The summed E-state index contributed by atoms with van der Waals surface area (Å²) in [6.07, 6.45) is 5.37. The number of aromatic nitrogens is 2. The van der Waals surface area contributed by atoms with Gasteiger partial charge in [-0.3, -0.25) is 0 Å². The number of benzene rings is 1. The number of rotatable bonds is 2. The molecule has 0 spiro atoms. The number of halogens is 1. The molecule has 0 amide bonds. The van der Waals surface area contributed by atoms with Gasteiger partial charge < -0.3 is 4.90 Å². The summed E-state index contributed by atoms with van der Waals surface area (Å²) in [7, 11) is -2.24. The Hall–Kier alpha value is -2.17. The van der Waals surface area contributed by atoms with Crippen LogP contribution in [0.15, 0.2) is 28.8 Å². The van der Waals surface area contributed by atoms with E-state index in [1.54, 1.807) is 12.5 Å². The maximum Gasteiger partial charge on any atom is 0.224 e. The lowest BCUT2D eigenvalue weighted by Crippen LogP contribution is -2.16. The summed E-state index contributed by atoms with van der Waals surface area (Å²) >= 11 is 5.88. The lowest BCUT2D eigenvalue weighted by molar-refractivity contribution is 0.684. The van der Waals surface area contributed by atoms with E-state index in [2.05, 4.69) is 20.4 Å². The summed E-state index contributed by atoms with van der Waals surface area (Å²) in [5.74, 6) is 0.483. The number of hydrogen-bond donors (Lipinski definition) is 0. The third-order valence-electron chi connectivity index (χ3n) is 3.44. The van der Waals surface area contributed by atoms with Crippen LogP contribution in [0.3, 0.4) is 0 Å². The summed E-state index contributed by atoms with van der Waals surface area (Å²) < 4.78 is 16.3. The van der Waals surface area contributed by atoms with Gasteiger partial charge in [0.05, 0.1) is 11.9 Å². The predicted octanol–water partition coefficient (Wildman–Crippen LogP) is 3.05. The van der Waals surface area contributed by atoms with Crippen LogP contribution in [0, 0.1) is 11.3 Å². The minimum Gasteiger partial charge on any atom is -0.324 e. The summed E-state index contributed by atoms with van der Waals surface area (Å²) in [6.45, 7) is 0.651. The van der Waals surface area contributed by atoms with Crippen molar-refractivity contribution in [2.75, 3.05) is 24.0 Å². The predicted molar refractivity (Wildman–Crippen MR) is 91.0 cm³/mol. The largest absolute Gasteiger partial charge is 0.324 e. The van der Waals surface area contributed by atoms with E-state index < -0.39 is 9.73 Å². The Morgan fingerprint density at radius 1 is 1.43 bits per heavy atom. The molecule has 6 nitrogen and oxygen atoms in total. The van der Waals surface area contributed by atoms with Crippen molar-refractivity contribution in [2.45, 2.75) is 6.42 Å². The molecule has 1 aromatic carbocycles. The van der Waals surface area contributed by atoms with Crippen LogP contribution in [0.2, 0.25) is 5.28 Å². The fourth-order valence-electron chi connectivity index (χ4n) is 2.59. The van der Waals surface area contributed by atoms with E-state index in [0.717, 1.165) is 23.4 Å². The van der Waals surface area contributed by atoms with Gasteiger partial charge in [-0.25, -0.2) is 9.19 Å². The minimum atomic E-state index is -2.24. The zero-order chi connectivity index (χ0) is 16.6. The molecule has 0 aliphatic carbocycles. The van der Waals surface area contributed by atoms with Crippen molar-refractivity contribution in [3.8, 4) is 6.07 Å². The summed E-state index contributed by atoms with van der Waals surface area (Å²) in [6, 6.07) is 7.74. The zero-order valence-corrected chi connectivity index (χ0v) is 14.2. The topological polar surface area (TPSA) is 82.2 Å². The van der Waals surface area contributed by atoms with Gasteiger partial charge in [0.15, 0.2) is 5.82 Å². The minimum absolute atomic E-state index is 0.0958. The van der Waals surface area contributed by atoms with Crippen LogP contribution in [-0.2, 0) is 16.1 Å². The van der Waals surface area contributed by atoms with Gasteiger partial charge in [0.2, 0.25) is 5.28 Å². The Labute approximate surface area is 139 Å². The third-order valence-corrected chi connectivity index (χ3v) is 4.25. The molecular weight excluding hydrogens is 334 g/mol. The van der Waals surface area contributed by atoms with E-state index in [0.29, 0.717) is 17.9 Å². The molecule has 2 aromatic rings. The molecule has 3 rings (SSSR count). The first kappa shape index (κ1) is 15.7. The molecule has 118 valence electrons. The molecule has 23 heavy (non-hydrogen) atoms. The van der Waals surface area contributed by atoms with Crippen molar-refractivity contribution < 1.29 is 4.21 Å². The van der Waals surface area contributed by atoms with Crippen LogP contribution < -0.4 is 4.90 Å². The summed E-state index contributed by atoms with van der Waals surface area (Å²) in [5.41, 5.74) is 2.99. The Morgan fingerprint density at radius 2 is 2.22 bits per heavy atom. The molecule has 0 atom stereocenters. The van der Waals surface area contributed by atoms with E-state index in [1.165, 1.54) is 6.20 Å². The number of nitriles is 1. The number of fused-ring (bicyclic) bond motifs is 1. The third kappa shape index (κ3) is 3.14. The van der Waals surface area contributed by atoms with Crippen molar-refractivity contribution in [2.24, 2.45) is 4.36 Å². The summed E-state index contributed by atoms with van der Waals surface area (Å²) in [4.78, 5) is 9.98. The second-order valence-electron chi connectivity index (χ2n) is 5.44. The van der Waals surface area contributed by atoms with Crippen LogP contribution in [0.5, 0.6) is 0 Å². The molecule has 1 aliphatic rings. The van der Waals surface area contributed by atoms with Gasteiger partial charge in [-0.15, -0.1) is 0 Å². The van der Waals surface area contributed by atoms with E-state index in [9.17, 15) is 9.47 Å². The highest BCUT2D eigenvalue weighted by Crippen LogP contribution is 2.40. The van der Waals surface area contributed by atoms with Gasteiger partial charge in [0, 0.05) is 40.0 Å². The van der Waals surface area contributed by atoms with Gasteiger partial charge in [0.1, 0.15) is 11.6 Å². The average molecular weight is 348 g/mol. The standard InChI is InChI=1S/C15H14ClN5OS/c1-23(2,22)20-12-4-3-5-13-11(12)6-7-21(13)14-10(8-17)9-18-15(16)19-14/h3-5,9H,6-7H2,1-2H3. The molecule has 2 heterocycles. The van der Waals surface area contributed by atoms with Gasteiger partial charge in [0.25, 0.3) is 0 Å². The second-order valence-corrected chi connectivity index (χ2v) is 8.32. The average Bonchev–Trinajstić information content (AvgIpc) is 2.90. The van der Waals surface area contributed by atoms with Crippen molar-refractivity contribution in [3.05, 3.63) is 40.8 Å². The molecule has 0 bridgehead atoms. The molecule has 1 aliphatic heterocycles. The van der Waals surface area contributed by atoms with Crippen molar-refractivity contribution >= 4 is 38.5 Å². The van der Waals surface area contributed by atoms with Crippen molar-refractivity contribution in [3.63, 3.8) is 0 Å². The van der Waals surface area contributed by atoms with Crippen molar-refractivity contribution in [1.29, 1.82) is 5.26 Å². The van der Waals surface area contributed by atoms with Gasteiger partial charge in [-0.2, -0.15) is 14.6 Å². The van der Waals surface area contributed by atoms with Gasteiger partial charge >= 0.3 is 0 Å². The van der Waals surface area contributed by atoms with E-state index in [4.69, 9.17) is 11.6 Å². The highest BCUT2D eigenvalue weighted by molar-refractivity contribution is 7.92. The molecule has 0 unspecified atom stereocenters. The zero-order valence-electron chi connectivity index (χ0n) is 12.7. The monoisotopic (exact) mass is 347 g/mol. The molecule has 0 radical (unpaired) electrons.